The lowest BCUT2D eigenvalue weighted by Crippen LogP contribution is -2.34. The van der Waals surface area contributed by atoms with Crippen molar-refractivity contribution in [3.63, 3.8) is 0 Å². The second-order valence-corrected chi connectivity index (χ2v) is 6.70. The van der Waals surface area contributed by atoms with Crippen molar-refractivity contribution in [1.29, 1.82) is 0 Å². The molecular formula is C15H15ClN4OS. The molecule has 0 N–H and O–H groups in total. The van der Waals surface area contributed by atoms with Crippen molar-refractivity contribution in [2.45, 2.75) is 20.1 Å². The highest BCUT2D eigenvalue weighted by molar-refractivity contribution is 7.16. The van der Waals surface area contributed by atoms with Crippen LogP contribution in [0.5, 0.6) is 0 Å². The van der Waals surface area contributed by atoms with Gasteiger partial charge in [0, 0.05) is 11.4 Å². The fourth-order valence-corrected chi connectivity index (χ4v) is 3.35. The van der Waals surface area contributed by atoms with Gasteiger partial charge in [-0.15, -0.1) is 16.4 Å². The molecule has 0 saturated heterocycles. The van der Waals surface area contributed by atoms with E-state index >= 15 is 0 Å². The van der Waals surface area contributed by atoms with Crippen LogP contribution >= 0.6 is 22.9 Å². The Balaban J connectivity index is 1.84. The van der Waals surface area contributed by atoms with E-state index < -0.39 is 0 Å². The van der Waals surface area contributed by atoms with Crippen LogP contribution in [0.4, 0.5) is 0 Å². The van der Waals surface area contributed by atoms with Crippen LogP contribution < -0.4 is 5.56 Å². The van der Waals surface area contributed by atoms with Crippen LogP contribution in [0.15, 0.2) is 41.2 Å². The SMILES string of the molecule is CCN(Cc1ccc(Cl)s1)Cn1nnc2ccccc2c1=O. The predicted octanol–water partition coefficient (Wildman–Crippen LogP) is 2.99. The minimum Gasteiger partial charge on any atom is -0.279 e. The Bertz CT molecular complexity index is 845. The number of aromatic nitrogens is 3. The predicted molar refractivity (Wildman–Crippen MR) is 89.2 cm³/mol. The van der Waals surface area contributed by atoms with E-state index in [2.05, 4.69) is 22.1 Å². The van der Waals surface area contributed by atoms with E-state index in [9.17, 15) is 4.79 Å². The third-order valence-electron chi connectivity index (χ3n) is 3.42. The largest absolute Gasteiger partial charge is 0.279 e. The second-order valence-electron chi connectivity index (χ2n) is 4.90. The Morgan fingerprint density at radius 3 is 2.82 bits per heavy atom. The van der Waals surface area contributed by atoms with E-state index in [1.54, 1.807) is 23.5 Å². The van der Waals surface area contributed by atoms with Crippen LogP contribution in [0.2, 0.25) is 4.34 Å². The number of nitrogens with zero attached hydrogens (tertiary/aromatic N) is 4. The normalized spacial score (nSPS) is 11.4. The molecule has 0 amide bonds. The van der Waals surface area contributed by atoms with Gasteiger partial charge in [0.05, 0.1) is 16.4 Å². The van der Waals surface area contributed by atoms with Gasteiger partial charge in [0.25, 0.3) is 5.56 Å². The number of thiophene rings is 1. The van der Waals surface area contributed by atoms with Gasteiger partial charge in [-0.05, 0) is 30.8 Å². The van der Waals surface area contributed by atoms with E-state index in [1.165, 1.54) is 4.68 Å². The van der Waals surface area contributed by atoms with Crippen LogP contribution in [0.25, 0.3) is 10.9 Å². The zero-order valence-corrected chi connectivity index (χ0v) is 13.6. The topological polar surface area (TPSA) is 51.0 Å². The van der Waals surface area contributed by atoms with Crippen molar-refractivity contribution in [3.8, 4) is 0 Å². The smallest absolute Gasteiger partial charge is 0.278 e. The Morgan fingerprint density at radius 2 is 2.09 bits per heavy atom. The van der Waals surface area contributed by atoms with E-state index in [4.69, 9.17) is 11.6 Å². The van der Waals surface area contributed by atoms with Crippen LogP contribution in [0, 0.1) is 0 Å². The summed E-state index contributed by atoms with van der Waals surface area (Å²) in [5, 5.41) is 8.73. The molecule has 0 saturated carbocycles. The van der Waals surface area contributed by atoms with Gasteiger partial charge in [0.1, 0.15) is 5.52 Å². The van der Waals surface area contributed by atoms with E-state index in [0.717, 1.165) is 22.3 Å². The molecule has 0 atom stereocenters. The third kappa shape index (κ3) is 3.19. The molecule has 0 spiro atoms. The summed E-state index contributed by atoms with van der Waals surface area (Å²) >= 11 is 7.51. The Hall–Kier alpha value is -1.76. The first-order chi connectivity index (χ1) is 10.7. The lowest BCUT2D eigenvalue weighted by molar-refractivity contribution is 0.203. The third-order valence-corrected chi connectivity index (χ3v) is 4.63. The fourth-order valence-electron chi connectivity index (χ4n) is 2.22. The summed E-state index contributed by atoms with van der Waals surface area (Å²) in [4.78, 5) is 15.7. The van der Waals surface area contributed by atoms with E-state index in [-0.39, 0.29) is 5.56 Å². The van der Waals surface area contributed by atoms with Crippen molar-refractivity contribution in [1.82, 2.24) is 19.9 Å². The molecule has 22 heavy (non-hydrogen) atoms. The molecule has 0 aliphatic heterocycles. The second kappa shape index (κ2) is 6.56. The minimum absolute atomic E-state index is 0.117. The molecule has 1 aromatic carbocycles. The number of fused-ring (bicyclic) bond motifs is 1. The number of halogens is 1. The summed E-state index contributed by atoms with van der Waals surface area (Å²) in [6, 6.07) is 11.1. The van der Waals surface area contributed by atoms with Crippen molar-refractivity contribution < 1.29 is 0 Å². The van der Waals surface area contributed by atoms with Gasteiger partial charge in [-0.2, -0.15) is 4.68 Å². The first-order valence-corrected chi connectivity index (χ1v) is 8.16. The summed E-state index contributed by atoms with van der Waals surface area (Å²) in [5.74, 6) is 0. The van der Waals surface area contributed by atoms with Gasteiger partial charge < -0.3 is 0 Å². The van der Waals surface area contributed by atoms with Crippen molar-refractivity contribution in [3.05, 3.63) is 56.0 Å². The van der Waals surface area contributed by atoms with Gasteiger partial charge in [-0.3, -0.25) is 9.69 Å². The minimum atomic E-state index is -0.117. The highest BCUT2D eigenvalue weighted by Gasteiger charge is 2.10. The average molecular weight is 335 g/mol. The standard InChI is InChI=1S/C15H15ClN4OS/c1-2-19(9-11-7-8-14(16)22-11)10-20-15(21)12-5-3-4-6-13(12)17-18-20/h3-8H,2,9-10H2,1H3. The average Bonchev–Trinajstić information content (AvgIpc) is 2.94. The summed E-state index contributed by atoms with van der Waals surface area (Å²) in [6.07, 6.45) is 0. The lowest BCUT2D eigenvalue weighted by atomic mass is 10.2. The summed E-state index contributed by atoms with van der Waals surface area (Å²) in [5.41, 5.74) is 0.505. The maximum atomic E-state index is 12.5. The molecule has 3 rings (SSSR count). The van der Waals surface area contributed by atoms with Gasteiger partial charge in [-0.25, -0.2) is 0 Å². The molecule has 0 bridgehead atoms. The van der Waals surface area contributed by atoms with Crippen molar-refractivity contribution in [2.75, 3.05) is 6.54 Å². The zero-order valence-electron chi connectivity index (χ0n) is 12.1. The Labute approximate surface area is 136 Å². The van der Waals surface area contributed by atoms with Crippen LogP contribution in [0.1, 0.15) is 11.8 Å². The van der Waals surface area contributed by atoms with Crippen LogP contribution in [0.3, 0.4) is 0 Å². The maximum absolute atomic E-state index is 12.5. The van der Waals surface area contributed by atoms with Crippen LogP contribution in [-0.4, -0.2) is 26.4 Å². The molecule has 5 nitrogen and oxygen atoms in total. The zero-order chi connectivity index (χ0) is 15.5. The van der Waals surface area contributed by atoms with E-state index in [0.29, 0.717) is 17.6 Å². The Morgan fingerprint density at radius 1 is 1.27 bits per heavy atom. The molecular weight excluding hydrogens is 320 g/mol. The molecule has 2 heterocycles. The molecule has 3 aromatic rings. The van der Waals surface area contributed by atoms with Gasteiger partial charge in [0.2, 0.25) is 0 Å². The number of hydrogen-bond donors (Lipinski definition) is 0. The molecule has 0 radical (unpaired) electrons. The van der Waals surface area contributed by atoms with Gasteiger partial charge in [0.15, 0.2) is 0 Å². The van der Waals surface area contributed by atoms with Gasteiger partial charge >= 0.3 is 0 Å². The number of rotatable bonds is 5. The maximum Gasteiger partial charge on any atom is 0.278 e. The molecule has 7 heteroatoms. The monoisotopic (exact) mass is 334 g/mol. The van der Waals surface area contributed by atoms with Crippen molar-refractivity contribution >= 4 is 33.8 Å². The van der Waals surface area contributed by atoms with Crippen molar-refractivity contribution in [2.24, 2.45) is 0 Å². The molecule has 114 valence electrons. The summed E-state index contributed by atoms with van der Waals surface area (Å²) in [7, 11) is 0. The first kappa shape index (κ1) is 15.1. The van der Waals surface area contributed by atoms with E-state index in [1.807, 2.05) is 24.3 Å². The van der Waals surface area contributed by atoms with Gasteiger partial charge in [-0.1, -0.05) is 35.9 Å². The Kier molecular flexibility index (Phi) is 4.52. The molecule has 0 aliphatic carbocycles. The lowest BCUT2D eigenvalue weighted by Gasteiger charge is -2.19. The first-order valence-electron chi connectivity index (χ1n) is 6.96. The molecule has 0 unspecified atom stereocenters. The quantitative estimate of drug-likeness (QED) is 0.719. The molecule has 0 fully saturated rings. The highest BCUT2D eigenvalue weighted by atomic mass is 35.5. The van der Waals surface area contributed by atoms with Crippen LogP contribution in [-0.2, 0) is 13.2 Å². The molecule has 2 aromatic heterocycles. The summed E-state index contributed by atoms with van der Waals surface area (Å²) < 4.78 is 2.18. The number of hydrogen-bond acceptors (Lipinski definition) is 5. The highest BCUT2D eigenvalue weighted by Crippen LogP contribution is 2.22. The summed E-state index contributed by atoms with van der Waals surface area (Å²) in [6.45, 7) is 3.99. The molecule has 0 aliphatic rings. The number of benzene rings is 1. The fraction of sp³-hybridized carbons (Fsp3) is 0.267.